The molecular formula is C25H13NS4. The van der Waals surface area contributed by atoms with Crippen molar-refractivity contribution in [1.29, 1.82) is 0 Å². The Morgan fingerprint density at radius 3 is 2.00 bits per heavy atom. The number of thiocarbonyl (C=S) groups is 2. The van der Waals surface area contributed by atoms with Gasteiger partial charge >= 0.3 is 0 Å². The standard InChI is InChI=1S/C25H13NS4/c27-22-18-10-15-8-4-5-9-16(15)11-19(18)23(28)20(22)12-17-13-21-25(29-17)26-24(30-21)14-6-2-1-3-7-14/h1-13H. The predicted octanol–water partition coefficient (Wildman–Crippen LogP) is 7.71. The van der Waals surface area contributed by atoms with Crippen molar-refractivity contribution in [1.82, 2.24) is 4.98 Å². The fourth-order valence-corrected chi connectivity index (χ4v) is 6.71. The molecule has 5 heteroatoms. The van der Waals surface area contributed by atoms with Crippen LogP contribution in [0.1, 0.15) is 16.0 Å². The molecule has 0 saturated heterocycles. The number of nitrogens with zero attached hydrogens (tertiary/aromatic N) is 1. The Morgan fingerprint density at radius 2 is 1.37 bits per heavy atom. The summed E-state index contributed by atoms with van der Waals surface area (Å²) in [5.74, 6) is 0. The molecule has 6 rings (SSSR count). The molecule has 3 aromatic carbocycles. The summed E-state index contributed by atoms with van der Waals surface area (Å²) in [6.07, 6.45) is 2.14. The number of fused-ring (bicyclic) bond motifs is 3. The zero-order valence-corrected chi connectivity index (χ0v) is 18.9. The molecule has 2 aromatic heterocycles. The number of hydrogen-bond donors (Lipinski definition) is 0. The molecule has 1 aliphatic rings. The first-order chi connectivity index (χ1) is 14.7. The molecule has 0 fully saturated rings. The molecule has 0 spiro atoms. The molecule has 0 aliphatic heterocycles. The van der Waals surface area contributed by atoms with Gasteiger partial charge in [0, 0.05) is 27.1 Å². The van der Waals surface area contributed by atoms with Crippen LogP contribution >= 0.6 is 47.1 Å². The number of allylic oxidation sites excluding steroid dienone is 1. The van der Waals surface area contributed by atoms with Crippen LogP contribution in [0.25, 0.3) is 36.9 Å². The van der Waals surface area contributed by atoms with E-state index in [1.54, 1.807) is 22.7 Å². The largest absolute Gasteiger partial charge is 0.225 e. The van der Waals surface area contributed by atoms with E-state index < -0.39 is 0 Å². The Kier molecular flexibility index (Phi) is 4.25. The van der Waals surface area contributed by atoms with Crippen molar-refractivity contribution in [3.63, 3.8) is 0 Å². The second kappa shape index (κ2) is 7.00. The van der Waals surface area contributed by atoms with Gasteiger partial charge in [0.1, 0.15) is 9.84 Å². The highest BCUT2D eigenvalue weighted by Crippen LogP contribution is 2.38. The van der Waals surface area contributed by atoms with Crippen molar-refractivity contribution in [2.75, 3.05) is 0 Å². The minimum Gasteiger partial charge on any atom is -0.225 e. The number of rotatable bonds is 2. The lowest BCUT2D eigenvalue weighted by Crippen LogP contribution is -1.97. The molecule has 142 valence electrons. The van der Waals surface area contributed by atoms with Crippen LogP contribution in [-0.4, -0.2) is 14.7 Å². The van der Waals surface area contributed by atoms with Crippen molar-refractivity contribution < 1.29 is 0 Å². The zero-order valence-electron chi connectivity index (χ0n) is 15.6. The Hall–Kier alpha value is -2.57. The van der Waals surface area contributed by atoms with Gasteiger partial charge in [-0.1, -0.05) is 79.0 Å². The molecule has 30 heavy (non-hydrogen) atoms. The number of thiophene rings is 1. The Labute approximate surface area is 192 Å². The van der Waals surface area contributed by atoms with Crippen LogP contribution in [0.5, 0.6) is 0 Å². The second-order valence-corrected chi connectivity index (χ2v) is 10.1. The van der Waals surface area contributed by atoms with Crippen LogP contribution in [0.3, 0.4) is 0 Å². The normalized spacial score (nSPS) is 13.4. The van der Waals surface area contributed by atoms with E-state index in [0.717, 1.165) is 46.7 Å². The van der Waals surface area contributed by atoms with E-state index in [1.165, 1.54) is 15.5 Å². The predicted molar refractivity (Wildman–Crippen MR) is 138 cm³/mol. The van der Waals surface area contributed by atoms with Gasteiger partial charge in [-0.05, 0) is 35.0 Å². The molecule has 0 radical (unpaired) electrons. The van der Waals surface area contributed by atoms with Crippen molar-refractivity contribution in [3.05, 3.63) is 94.4 Å². The van der Waals surface area contributed by atoms with Crippen LogP contribution in [-0.2, 0) is 0 Å². The zero-order chi connectivity index (χ0) is 20.2. The first-order valence-electron chi connectivity index (χ1n) is 9.47. The minimum absolute atomic E-state index is 0.843. The van der Waals surface area contributed by atoms with Crippen LogP contribution < -0.4 is 0 Å². The summed E-state index contributed by atoms with van der Waals surface area (Å²) in [7, 11) is 0. The second-order valence-electron chi connectivity index (χ2n) is 7.16. The molecule has 0 atom stereocenters. The van der Waals surface area contributed by atoms with Crippen LogP contribution in [0.15, 0.2) is 78.4 Å². The van der Waals surface area contributed by atoms with E-state index in [0.29, 0.717) is 0 Å². The summed E-state index contributed by atoms with van der Waals surface area (Å²) in [6, 6.07) is 25.2. The molecule has 1 aliphatic carbocycles. The van der Waals surface area contributed by atoms with Crippen LogP contribution in [0.4, 0.5) is 0 Å². The van der Waals surface area contributed by atoms with Crippen LogP contribution in [0, 0.1) is 0 Å². The highest BCUT2D eigenvalue weighted by atomic mass is 32.1. The summed E-state index contributed by atoms with van der Waals surface area (Å²) in [5, 5.41) is 3.44. The van der Waals surface area contributed by atoms with Crippen molar-refractivity contribution in [3.8, 4) is 10.6 Å². The molecule has 5 aromatic rings. The molecule has 0 saturated carbocycles. The SMILES string of the molecule is S=C1C(=Cc2cc3sc(-c4ccccc4)nc3s2)C(=S)c2cc3ccccc3cc21. The van der Waals surface area contributed by atoms with E-state index in [9.17, 15) is 0 Å². The molecule has 0 N–H and O–H groups in total. The van der Waals surface area contributed by atoms with E-state index in [2.05, 4.69) is 60.7 Å². The van der Waals surface area contributed by atoms with E-state index in [1.807, 2.05) is 18.2 Å². The van der Waals surface area contributed by atoms with E-state index in [4.69, 9.17) is 29.4 Å². The topological polar surface area (TPSA) is 12.9 Å². The average Bonchev–Trinajstić information content (AvgIpc) is 3.41. The fourth-order valence-electron chi connectivity index (χ4n) is 3.81. The lowest BCUT2D eigenvalue weighted by Gasteiger charge is -2.02. The highest BCUT2D eigenvalue weighted by molar-refractivity contribution is 7.84. The van der Waals surface area contributed by atoms with Gasteiger partial charge < -0.3 is 0 Å². The van der Waals surface area contributed by atoms with Crippen molar-refractivity contribution in [2.45, 2.75) is 0 Å². The summed E-state index contributed by atoms with van der Waals surface area (Å²) in [6.45, 7) is 0. The smallest absolute Gasteiger partial charge is 0.135 e. The van der Waals surface area contributed by atoms with E-state index >= 15 is 0 Å². The number of benzene rings is 3. The quantitative estimate of drug-likeness (QED) is 0.200. The molecule has 0 unspecified atom stereocenters. The maximum Gasteiger partial charge on any atom is 0.135 e. The van der Waals surface area contributed by atoms with Crippen molar-refractivity contribution >= 4 is 83.2 Å². The first-order valence-corrected chi connectivity index (χ1v) is 11.9. The van der Waals surface area contributed by atoms with Crippen LogP contribution in [0.2, 0.25) is 0 Å². The lowest BCUT2D eigenvalue weighted by molar-refractivity contribution is 1.50. The number of aromatic nitrogens is 1. The first kappa shape index (κ1) is 18.2. The Bertz CT molecular complexity index is 1430. The third-order valence-electron chi connectivity index (χ3n) is 5.28. The summed E-state index contributed by atoms with van der Waals surface area (Å²) >= 11 is 15.0. The average molecular weight is 456 g/mol. The molecular weight excluding hydrogens is 443 g/mol. The van der Waals surface area contributed by atoms with Gasteiger partial charge in [-0.25, -0.2) is 4.98 Å². The fraction of sp³-hybridized carbons (Fsp3) is 0. The minimum atomic E-state index is 0.843. The van der Waals surface area contributed by atoms with Gasteiger partial charge in [0.05, 0.1) is 14.4 Å². The van der Waals surface area contributed by atoms with Gasteiger partial charge in [0.15, 0.2) is 0 Å². The lowest BCUT2D eigenvalue weighted by atomic mass is 10.0. The Morgan fingerprint density at radius 1 is 0.733 bits per heavy atom. The van der Waals surface area contributed by atoms with Gasteiger partial charge in [0.2, 0.25) is 0 Å². The molecule has 0 bridgehead atoms. The highest BCUT2D eigenvalue weighted by Gasteiger charge is 2.27. The van der Waals surface area contributed by atoms with Gasteiger partial charge in [-0.15, -0.1) is 22.7 Å². The number of hydrogen-bond acceptors (Lipinski definition) is 5. The monoisotopic (exact) mass is 455 g/mol. The molecule has 2 heterocycles. The summed E-state index contributed by atoms with van der Waals surface area (Å²) in [5.41, 5.74) is 4.28. The summed E-state index contributed by atoms with van der Waals surface area (Å²) < 4.78 is 1.20. The number of thiazole rings is 1. The third kappa shape index (κ3) is 2.89. The van der Waals surface area contributed by atoms with E-state index in [-0.39, 0.29) is 0 Å². The van der Waals surface area contributed by atoms with Gasteiger partial charge in [-0.2, -0.15) is 0 Å². The van der Waals surface area contributed by atoms with Crippen molar-refractivity contribution in [2.24, 2.45) is 0 Å². The Balaban J connectivity index is 1.39. The maximum absolute atomic E-state index is 5.82. The summed E-state index contributed by atoms with van der Waals surface area (Å²) in [4.78, 5) is 8.72. The van der Waals surface area contributed by atoms with Gasteiger partial charge in [-0.3, -0.25) is 0 Å². The molecule has 0 amide bonds. The van der Waals surface area contributed by atoms with Gasteiger partial charge in [0.25, 0.3) is 0 Å². The third-order valence-corrected chi connectivity index (χ3v) is 8.32. The maximum atomic E-state index is 5.82. The molecule has 1 nitrogen and oxygen atoms in total.